The third kappa shape index (κ3) is 2.85. The molecule has 0 amide bonds. The van der Waals surface area contributed by atoms with Crippen molar-refractivity contribution in [2.24, 2.45) is 0 Å². The summed E-state index contributed by atoms with van der Waals surface area (Å²) in [4.78, 5) is 0. The number of rotatable bonds is 4. The molecule has 1 saturated carbocycles. The van der Waals surface area contributed by atoms with Gasteiger partial charge >= 0.3 is 0 Å². The molecule has 0 bridgehead atoms. The summed E-state index contributed by atoms with van der Waals surface area (Å²) in [6.07, 6.45) is 3.33. The van der Waals surface area contributed by atoms with E-state index in [4.69, 9.17) is 14.2 Å². The fourth-order valence-electron chi connectivity index (χ4n) is 2.83. The molecule has 1 fully saturated rings. The van der Waals surface area contributed by atoms with Crippen LogP contribution in [0.1, 0.15) is 31.2 Å². The summed E-state index contributed by atoms with van der Waals surface area (Å²) in [6.45, 7) is 0. The molecule has 0 spiro atoms. The summed E-state index contributed by atoms with van der Waals surface area (Å²) in [5, 5.41) is 11.0. The predicted octanol–water partition coefficient (Wildman–Crippen LogP) is 2.48. The van der Waals surface area contributed by atoms with Crippen molar-refractivity contribution in [2.75, 3.05) is 21.3 Å². The third-order valence-corrected chi connectivity index (χ3v) is 3.92. The van der Waals surface area contributed by atoms with Gasteiger partial charge in [-0.25, -0.2) is 0 Å². The Morgan fingerprint density at radius 3 is 2.63 bits per heavy atom. The molecule has 0 aliphatic heterocycles. The lowest BCUT2D eigenvalue weighted by atomic mass is 9.78. The van der Waals surface area contributed by atoms with Crippen molar-refractivity contribution in [3.8, 4) is 11.5 Å². The third-order valence-electron chi connectivity index (χ3n) is 3.92. The molecule has 0 radical (unpaired) electrons. The number of aliphatic hydroxyl groups is 1. The lowest BCUT2D eigenvalue weighted by Gasteiger charge is -2.37. The van der Waals surface area contributed by atoms with E-state index in [9.17, 15) is 5.11 Å². The van der Waals surface area contributed by atoms with Gasteiger partial charge in [-0.15, -0.1) is 0 Å². The predicted molar refractivity (Wildman–Crippen MR) is 72.7 cm³/mol. The molecule has 1 aliphatic rings. The zero-order valence-electron chi connectivity index (χ0n) is 11.8. The second-order valence-corrected chi connectivity index (χ2v) is 5.05. The van der Waals surface area contributed by atoms with Gasteiger partial charge < -0.3 is 19.3 Å². The molecule has 1 aliphatic carbocycles. The van der Waals surface area contributed by atoms with E-state index in [1.165, 1.54) is 0 Å². The van der Waals surface area contributed by atoms with Crippen LogP contribution in [-0.4, -0.2) is 32.5 Å². The zero-order chi connectivity index (χ0) is 13.9. The van der Waals surface area contributed by atoms with Gasteiger partial charge in [0.25, 0.3) is 0 Å². The maximum atomic E-state index is 11.0. The Balaban J connectivity index is 2.37. The highest BCUT2D eigenvalue weighted by molar-refractivity contribution is 5.44. The highest BCUT2D eigenvalue weighted by Gasteiger charge is 2.38. The van der Waals surface area contributed by atoms with E-state index in [1.54, 1.807) is 21.3 Å². The number of ether oxygens (including phenoxy) is 3. The van der Waals surface area contributed by atoms with Crippen LogP contribution < -0.4 is 9.47 Å². The van der Waals surface area contributed by atoms with E-state index in [2.05, 4.69) is 0 Å². The molecule has 2 atom stereocenters. The first-order chi connectivity index (χ1) is 9.12. The van der Waals surface area contributed by atoms with Gasteiger partial charge in [-0.1, -0.05) is 0 Å². The quantitative estimate of drug-likeness (QED) is 0.909. The molecule has 106 valence electrons. The van der Waals surface area contributed by atoms with Crippen molar-refractivity contribution in [3.63, 3.8) is 0 Å². The first kappa shape index (κ1) is 14.2. The van der Waals surface area contributed by atoms with Crippen molar-refractivity contribution >= 4 is 0 Å². The van der Waals surface area contributed by atoms with E-state index in [0.29, 0.717) is 12.2 Å². The fraction of sp³-hybridized carbons (Fsp3) is 0.600. The number of hydrogen-bond donors (Lipinski definition) is 1. The maximum absolute atomic E-state index is 11.0. The molecule has 2 unspecified atom stereocenters. The van der Waals surface area contributed by atoms with Gasteiger partial charge in [0.1, 0.15) is 11.5 Å². The molecule has 0 aromatic heterocycles. The van der Waals surface area contributed by atoms with Crippen LogP contribution in [0.15, 0.2) is 18.2 Å². The van der Waals surface area contributed by atoms with Crippen LogP contribution in [0.25, 0.3) is 0 Å². The van der Waals surface area contributed by atoms with Crippen LogP contribution in [-0.2, 0) is 10.3 Å². The second-order valence-electron chi connectivity index (χ2n) is 5.05. The molecule has 19 heavy (non-hydrogen) atoms. The van der Waals surface area contributed by atoms with Crippen molar-refractivity contribution in [2.45, 2.75) is 37.4 Å². The Morgan fingerprint density at radius 2 is 2.00 bits per heavy atom. The SMILES string of the molecule is COc1ccc(OC)c(C2(O)CCCC(OC)C2)c1. The Kier molecular flexibility index (Phi) is 4.32. The zero-order valence-corrected chi connectivity index (χ0v) is 11.8. The van der Waals surface area contributed by atoms with Crippen molar-refractivity contribution in [1.29, 1.82) is 0 Å². The highest BCUT2D eigenvalue weighted by atomic mass is 16.5. The van der Waals surface area contributed by atoms with Gasteiger partial charge in [0.15, 0.2) is 0 Å². The molecule has 1 aromatic carbocycles. The standard InChI is InChI=1S/C15H22O4/c1-17-11-6-7-14(19-3)13(9-11)15(16)8-4-5-12(10-15)18-2/h6-7,9,12,16H,4-5,8,10H2,1-3H3. The van der Waals surface area contributed by atoms with Crippen molar-refractivity contribution in [3.05, 3.63) is 23.8 Å². The summed E-state index contributed by atoms with van der Waals surface area (Å²) in [6, 6.07) is 5.53. The maximum Gasteiger partial charge on any atom is 0.125 e. The Morgan fingerprint density at radius 1 is 1.21 bits per heavy atom. The van der Waals surface area contributed by atoms with E-state index < -0.39 is 5.60 Å². The number of hydrogen-bond acceptors (Lipinski definition) is 4. The molecular weight excluding hydrogens is 244 g/mol. The van der Waals surface area contributed by atoms with Crippen LogP contribution in [0.5, 0.6) is 11.5 Å². The molecule has 1 N–H and O–H groups in total. The first-order valence-electron chi connectivity index (χ1n) is 6.60. The van der Waals surface area contributed by atoms with E-state index in [1.807, 2.05) is 18.2 Å². The molecule has 0 heterocycles. The molecule has 1 aromatic rings. The Bertz CT molecular complexity index is 432. The van der Waals surface area contributed by atoms with Crippen molar-refractivity contribution in [1.82, 2.24) is 0 Å². The lowest BCUT2D eigenvalue weighted by molar-refractivity contribution is -0.0642. The summed E-state index contributed by atoms with van der Waals surface area (Å²) < 4.78 is 16.0. The second kappa shape index (κ2) is 5.80. The lowest BCUT2D eigenvalue weighted by Crippen LogP contribution is -2.36. The summed E-state index contributed by atoms with van der Waals surface area (Å²) in [5.41, 5.74) is -0.116. The van der Waals surface area contributed by atoms with Crippen LogP contribution in [0.3, 0.4) is 0 Å². The van der Waals surface area contributed by atoms with Crippen LogP contribution in [0.2, 0.25) is 0 Å². The van der Waals surface area contributed by atoms with E-state index in [0.717, 1.165) is 30.6 Å². The highest BCUT2D eigenvalue weighted by Crippen LogP contribution is 2.43. The Labute approximate surface area is 114 Å². The molecule has 4 nitrogen and oxygen atoms in total. The van der Waals surface area contributed by atoms with Gasteiger partial charge in [0.05, 0.1) is 25.9 Å². The fourth-order valence-corrected chi connectivity index (χ4v) is 2.83. The summed E-state index contributed by atoms with van der Waals surface area (Å²) >= 11 is 0. The Hall–Kier alpha value is -1.26. The minimum Gasteiger partial charge on any atom is -0.497 e. The topological polar surface area (TPSA) is 47.9 Å². The minimum absolute atomic E-state index is 0.0923. The van der Waals surface area contributed by atoms with Gasteiger partial charge in [0, 0.05) is 19.1 Å². The molecular formula is C15H22O4. The van der Waals surface area contributed by atoms with Gasteiger partial charge in [-0.05, 0) is 37.5 Å². The van der Waals surface area contributed by atoms with E-state index in [-0.39, 0.29) is 6.10 Å². The normalized spacial score (nSPS) is 27.1. The number of benzene rings is 1. The monoisotopic (exact) mass is 266 g/mol. The number of methoxy groups -OCH3 is 3. The molecule has 0 saturated heterocycles. The molecule has 2 rings (SSSR count). The van der Waals surface area contributed by atoms with Crippen LogP contribution in [0.4, 0.5) is 0 Å². The van der Waals surface area contributed by atoms with Crippen molar-refractivity contribution < 1.29 is 19.3 Å². The van der Waals surface area contributed by atoms with Crippen LogP contribution >= 0.6 is 0 Å². The smallest absolute Gasteiger partial charge is 0.125 e. The van der Waals surface area contributed by atoms with E-state index >= 15 is 0 Å². The minimum atomic E-state index is -0.904. The summed E-state index contributed by atoms with van der Waals surface area (Å²) in [5.74, 6) is 1.42. The van der Waals surface area contributed by atoms with Crippen LogP contribution in [0, 0.1) is 0 Å². The molecule has 4 heteroatoms. The van der Waals surface area contributed by atoms with Gasteiger partial charge in [-0.2, -0.15) is 0 Å². The van der Waals surface area contributed by atoms with Gasteiger partial charge in [-0.3, -0.25) is 0 Å². The van der Waals surface area contributed by atoms with Gasteiger partial charge in [0.2, 0.25) is 0 Å². The average Bonchev–Trinajstić information content (AvgIpc) is 2.46. The average molecular weight is 266 g/mol. The first-order valence-corrected chi connectivity index (χ1v) is 6.60. The summed E-state index contributed by atoms with van der Waals surface area (Å²) in [7, 11) is 4.93. The largest absolute Gasteiger partial charge is 0.497 e.